The molecule has 0 aliphatic heterocycles. The molecule has 0 fully saturated rings. The van der Waals surface area contributed by atoms with Crippen molar-refractivity contribution >= 4 is 22.8 Å². The Morgan fingerprint density at radius 2 is 1.56 bits per heavy atom. The van der Waals surface area contributed by atoms with Crippen LogP contribution in [0.5, 0.6) is 0 Å². The molecule has 136 valence electrons. The molecule has 0 spiro atoms. The smallest absolute Gasteiger partial charge is 0.265 e. The minimum atomic E-state index is -0.0425. The Balaban J connectivity index is 1.79. The number of nitrogens with zero attached hydrogens (tertiary/aromatic N) is 4. The van der Waals surface area contributed by atoms with Crippen LogP contribution >= 0.6 is 11.8 Å². The molecule has 0 aliphatic rings. The van der Waals surface area contributed by atoms with E-state index in [-0.39, 0.29) is 5.56 Å². The number of rotatable bonds is 6. The van der Waals surface area contributed by atoms with Crippen LogP contribution < -0.4 is 5.56 Å². The average molecular weight is 376 g/mol. The summed E-state index contributed by atoms with van der Waals surface area (Å²) in [6.45, 7) is 3.17. The van der Waals surface area contributed by atoms with Gasteiger partial charge in [-0.3, -0.25) is 9.36 Å². The van der Waals surface area contributed by atoms with Gasteiger partial charge in [0.15, 0.2) is 10.8 Å². The van der Waals surface area contributed by atoms with Gasteiger partial charge in [-0.1, -0.05) is 79.3 Å². The standard InChI is InChI=1S/C21H20N4OS/c1-2-27-21-23-19-18(13-22-25(19)15-17-11-7-4-8-12-17)20(26)24(21)14-16-9-5-3-6-10-16/h3-13H,2,14-15H2,1H3. The van der Waals surface area contributed by atoms with Crippen molar-refractivity contribution in [1.82, 2.24) is 19.3 Å². The number of hydrogen-bond donors (Lipinski definition) is 0. The fourth-order valence-corrected chi connectivity index (χ4v) is 3.76. The lowest BCUT2D eigenvalue weighted by Gasteiger charge is -2.12. The molecule has 0 saturated heterocycles. The summed E-state index contributed by atoms with van der Waals surface area (Å²) in [7, 11) is 0. The number of fused-ring (bicyclic) bond motifs is 1. The Labute approximate surface area is 161 Å². The molecule has 0 aliphatic carbocycles. The fourth-order valence-electron chi connectivity index (χ4n) is 3.05. The van der Waals surface area contributed by atoms with E-state index in [1.807, 2.05) is 60.7 Å². The van der Waals surface area contributed by atoms with E-state index in [1.54, 1.807) is 27.2 Å². The van der Waals surface area contributed by atoms with E-state index in [0.29, 0.717) is 24.1 Å². The van der Waals surface area contributed by atoms with Crippen LogP contribution in [-0.2, 0) is 13.1 Å². The third-order valence-corrected chi connectivity index (χ3v) is 5.21. The van der Waals surface area contributed by atoms with Gasteiger partial charge in [0.25, 0.3) is 5.56 Å². The highest BCUT2D eigenvalue weighted by Gasteiger charge is 2.15. The summed E-state index contributed by atoms with van der Waals surface area (Å²) in [5.74, 6) is 0.847. The minimum Gasteiger partial charge on any atom is -0.282 e. The molecule has 0 N–H and O–H groups in total. The topological polar surface area (TPSA) is 52.7 Å². The van der Waals surface area contributed by atoms with Gasteiger partial charge in [0.05, 0.1) is 19.3 Å². The first-order valence-corrected chi connectivity index (χ1v) is 9.92. The second-order valence-corrected chi connectivity index (χ2v) is 7.46. The van der Waals surface area contributed by atoms with Gasteiger partial charge in [-0.15, -0.1) is 0 Å². The van der Waals surface area contributed by atoms with E-state index >= 15 is 0 Å². The third kappa shape index (κ3) is 3.66. The maximum Gasteiger partial charge on any atom is 0.265 e. The van der Waals surface area contributed by atoms with E-state index in [0.717, 1.165) is 22.0 Å². The molecule has 2 aromatic heterocycles. The van der Waals surface area contributed by atoms with Crippen LogP contribution in [0.2, 0.25) is 0 Å². The number of thioether (sulfide) groups is 1. The first-order valence-electron chi connectivity index (χ1n) is 8.93. The molecule has 4 rings (SSSR count). The Hall–Kier alpha value is -2.86. The highest BCUT2D eigenvalue weighted by Crippen LogP contribution is 2.19. The summed E-state index contributed by atoms with van der Waals surface area (Å²) in [6, 6.07) is 20.1. The van der Waals surface area contributed by atoms with Crippen LogP contribution in [0.1, 0.15) is 18.1 Å². The molecule has 0 amide bonds. The molecule has 0 saturated carbocycles. The van der Waals surface area contributed by atoms with Gasteiger partial charge in [0.1, 0.15) is 5.39 Å². The minimum absolute atomic E-state index is 0.0425. The van der Waals surface area contributed by atoms with Gasteiger partial charge >= 0.3 is 0 Å². The van der Waals surface area contributed by atoms with Crippen molar-refractivity contribution in [3.05, 3.63) is 88.3 Å². The molecule has 4 aromatic rings. The number of aromatic nitrogens is 4. The van der Waals surface area contributed by atoms with Crippen LogP contribution in [0.4, 0.5) is 0 Å². The molecular weight excluding hydrogens is 356 g/mol. The molecule has 5 nitrogen and oxygen atoms in total. The van der Waals surface area contributed by atoms with Crippen molar-refractivity contribution in [2.24, 2.45) is 0 Å². The molecule has 0 unspecified atom stereocenters. The van der Waals surface area contributed by atoms with Crippen molar-refractivity contribution in [3.8, 4) is 0 Å². The van der Waals surface area contributed by atoms with Crippen LogP contribution in [0.3, 0.4) is 0 Å². The molecule has 2 heterocycles. The summed E-state index contributed by atoms with van der Waals surface area (Å²) in [6.07, 6.45) is 1.63. The molecule has 0 bridgehead atoms. The fraction of sp³-hybridized carbons (Fsp3) is 0.190. The lowest BCUT2D eigenvalue weighted by Crippen LogP contribution is -2.24. The Bertz CT molecular complexity index is 1100. The molecular formula is C21H20N4OS. The van der Waals surface area contributed by atoms with Crippen molar-refractivity contribution in [1.29, 1.82) is 0 Å². The average Bonchev–Trinajstić information content (AvgIpc) is 3.09. The lowest BCUT2D eigenvalue weighted by atomic mass is 10.2. The molecule has 27 heavy (non-hydrogen) atoms. The van der Waals surface area contributed by atoms with Crippen LogP contribution in [0, 0.1) is 0 Å². The Morgan fingerprint density at radius 3 is 2.19 bits per heavy atom. The van der Waals surface area contributed by atoms with Crippen LogP contribution in [0.15, 0.2) is 76.8 Å². The molecule has 6 heteroatoms. The quantitative estimate of drug-likeness (QED) is 0.379. The van der Waals surface area contributed by atoms with Crippen LogP contribution in [0.25, 0.3) is 11.0 Å². The summed E-state index contributed by atoms with van der Waals surface area (Å²) < 4.78 is 3.55. The Kier molecular flexibility index (Phi) is 5.07. The van der Waals surface area contributed by atoms with Gasteiger partial charge in [-0.2, -0.15) is 5.10 Å². The number of hydrogen-bond acceptors (Lipinski definition) is 4. The van der Waals surface area contributed by atoms with Gasteiger partial charge in [0.2, 0.25) is 0 Å². The molecule has 2 aromatic carbocycles. The van der Waals surface area contributed by atoms with E-state index < -0.39 is 0 Å². The van der Waals surface area contributed by atoms with E-state index in [9.17, 15) is 4.79 Å². The van der Waals surface area contributed by atoms with Gasteiger partial charge in [0, 0.05) is 0 Å². The highest BCUT2D eigenvalue weighted by atomic mass is 32.2. The predicted molar refractivity (Wildman–Crippen MR) is 109 cm³/mol. The number of benzene rings is 2. The zero-order chi connectivity index (χ0) is 18.6. The van der Waals surface area contributed by atoms with E-state index in [4.69, 9.17) is 4.98 Å². The van der Waals surface area contributed by atoms with Crippen LogP contribution in [-0.4, -0.2) is 25.1 Å². The maximum atomic E-state index is 13.2. The second kappa shape index (κ2) is 7.80. The normalized spacial score (nSPS) is 11.1. The van der Waals surface area contributed by atoms with Gasteiger partial charge in [-0.05, 0) is 16.9 Å². The van der Waals surface area contributed by atoms with Crippen molar-refractivity contribution < 1.29 is 0 Å². The first-order chi connectivity index (χ1) is 13.3. The molecule has 0 atom stereocenters. The lowest BCUT2D eigenvalue weighted by molar-refractivity contribution is 0.644. The van der Waals surface area contributed by atoms with Gasteiger partial charge < -0.3 is 0 Å². The first kappa shape index (κ1) is 17.5. The summed E-state index contributed by atoms with van der Waals surface area (Å²) in [5, 5.41) is 5.72. The third-order valence-electron chi connectivity index (χ3n) is 4.35. The van der Waals surface area contributed by atoms with Crippen molar-refractivity contribution in [3.63, 3.8) is 0 Å². The summed E-state index contributed by atoms with van der Waals surface area (Å²) in [4.78, 5) is 18.0. The monoisotopic (exact) mass is 376 g/mol. The largest absolute Gasteiger partial charge is 0.282 e. The SMILES string of the molecule is CCSc1nc2c(cnn2Cc2ccccc2)c(=O)n1Cc1ccccc1. The zero-order valence-electron chi connectivity index (χ0n) is 15.1. The summed E-state index contributed by atoms with van der Waals surface area (Å²) >= 11 is 1.58. The van der Waals surface area contributed by atoms with Crippen molar-refractivity contribution in [2.75, 3.05) is 5.75 Å². The van der Waals surface area contributed by atoms with E-state index in [2.05, 4.69) is 12.0 Å². The summed E-state index contributed by atoms with van der Waals surface area (Å²) in [5.41, 5.74) is 2.81. The highest BCUT2D eigenvalue weighted by molar-refractivity contribution is 7.99. The maximum absolute atomic E-state index is 13.2. The predicted octanol–water partition coefficient (Wildman–Crippen LogP) is 3.80. The van der Waals surface area contributed by atoms with Crippen molar-refractivity contribution in [2.45, 2.75) is 25.2 Å². The Morgan fingerprint density at radius 1 is 0.926 bits per heavy atom. The van der Waals surface area contributed by atoms with E-state index in [1.165, 1.54) is 0 Å². The zero-order valence-corrected chi connectivity index (χ0v) is 15.9. The molecule has 0 radical (unpaired) electrons. The van der Waals surface area contributed by atoms with Gasteiger partial charge in [-0.25, -0.2) is 9.67 Å². The second-order valence-electron chi connectivity index (χ2n) is 6.23.